The fourth-order valence-corrected chi connectivity index (χ4v) is 5.13. The van der Waals surface area contributed by atoms with Crippen molar-refractivity contribution in [2.45, 2.75) is 23.2 Å². The average molecular weight is 492 g/mol. The molecule has 0 spiro atoms. The van der Waals surface area contributed by atoms with E-state index in [4.69, 9.17) is 9.57 Å². The lowest BCUT2D eigenvalue weighted by Gasteiger charge is -2.11. The number of thiazole rings is 1. The first kappa shape index (κ1) is 22.9. The number of nitrogens with zero attached hydrogens (tertiary/aromatic N) is 4. The zero-order valence-corrected chi connectivity index (χ0v) is 18.7. The molecule has 33 heavy (non-hydrogen) atoms. The van der Waals surface area contributed by atoms with Gasteiger partial charge in [-0.1, -0.05) is 28.6 Å². The van der Waals surface area contributed by atoms with Crippen LogP contribution in [0.4, 0.5) is 9.52 Å². The highest BCUT2D eigenvalue weighted by atomic mass is 32.2. The van der Waals surface area contributed by atoms with Crippen molar-refractivity contribution in [1.82, 2.24) is 15.0 Å². The first-order chi connectivity index (χ1) is 15.9. The van der Waals surface area contributed by atoms with E-state index in [1.54, 1.807) is 6.07 Å². The van der Waals surface area contributed by atoms with E-state index in [0.29, 0.717) is 35.8 Å². The van der Waals surface area contributed by atoms with Gasteiger partial charge in [0.1, 0.15) is 0 Å². The number of nitrogens with one attached hydrogen (secondary N) is 1. The smallest absolute Gasteiger partial charge is 0.280 e. The molecule has 0 unspecified atom stereocenters. The molecule has 172 valence electrons. The number of sulfone groups is 1. The largest absolute Gasteiger partial charge is 0.387 e. The van der Waals surface area contributed by atoms with E-state index in [9.17, 15) is 17.6 Å². The number of aromatic nitrogens is 3. The van der Waals surface area contributed by atoms with Crippen molar-refractivity contribution in [3.8, 4) is 0 Å². The summed E-state index contributed by atoms with van der Waals surface area (Å²) in [6.45, 7) is 0.454. The third-order valence-electron chi connectivity index (χ3n) is 4.66. The Morgan fingerprint density at radius 2 is 2.00 bits per heavy atom. The van der Waals surface area contributed by atoms with Gasteiger partial charge in [0.25, 0.3) is 5.91 Å². The number of halogens is 1. The summed E-state index contributed by atoms with van der Waals surface area (Å²) in [5, 5.41) is 5.22. The van der Waals surface area contributed by atoms with Crippen LogP contribution in [0.2, 0.25) is 0 Å². The van der Waals surface area contributed by atoms with Crippen LogP contribution >= 0.6 is 11.3 Å². The normalized spacial score (nSPS) is 16.5. The van der Waals surface area contributed by atoms with E-state index >= 15 is 0 Å². The lowest BCUT2D eigenvalue weighted by atomic mass is 10.1. The summed E-state index contributed by atoms with van der Waals surface area (Å²) in [4.78, 5) is 29.9. The Labute approximate surface area is 192 Å². The Hall–Kier alpha value is -3.29. The Morgan fingerprint density at radius 1 is 1.24 bits per heavy atom. The van der Waals surface area contributed by atoms with Gasteiger partial charge in [-0.25, -0.2) is 23.4 Å². The minimum absolute atomic E-state index is 0.0389. The van der Waals surface area contributed by atoms with Crippen molar-refractivity contribution in [2.75, 3.05) is 18.5 Å². The number of amides is 1. The summed E-state index contributed by atoms with van der Waals surface area (Å²) >= 11 is 0.653. The molecule has 10 nitrogen and oxygen atoms in total. The Kier molecular flexibility index (Phi) is 7.01. The number of oxime groups is 1. The summed E-state index contributed by atoms with van der Waals surface area (Å²) in [5.41, 5.74) is 0.134. The average Bonchev–Trinajstić information content (AvgIpc) is 3.50. The van der Waals surface area contributed by atoms with Gasteiger partial charge in [0.2, 0.25) is 0 Å². The van der Waals surface area contributed by atoms with E-state index in [2.05, 4.69) is 25.4 Å². The van der Waals surface area contributed by atoms with E-state index < -0.39 is 26.1 Å². The predicted octanol–water partition coefficient (Wildman–Crippen LogP) is 2.19. The monoisotopic (exact) mass is 491 g/mol. The van der Waals surface area contributed by atoms with Crippen LogP contribution in [0.3, 0.4) is 0 Å². The van der Waals surface area contributed by atoms with Crippen LogP contribution in [-0.4, -0.2) is 53.5 Å². The number of carbonyl (C=O) groups is 1. The zero-order chi connectivity index (χ0) is 23.3. The van der Waals surface area contributed by atoms with Gasteiger partial charge in [-0.3, -0.25) is 10.1 Å². The molecule has 0 bridgehead atoms. The van der Waals surface area contributed by atoms with Crippen LogP contribution in [0, 0.1) is 5.13 Å². The minimum atomic E-state index is -3.56. The lowest BCUT2D eigenvalue weighted by molar-refractivity contribution is -0.110. The van der Waals surface area contributed by atoms with Crippen LogP contribution in [0.15, 0.2) is 59.0 Å². The SMILES string of the molecule is O=C(Nc1ncc(F)s1)/C(=N/OCc1ncccn1)c1ccc(S(=O)(=O)[C@H]2CCOC2)cc1. The summed E-state index contributed by atoms with van der Waals surface area (Å²) in [5.74, 6) is -0.360. The second kappa shape index (κ2) is 10.1. The number of rotatable bonds is 8. The number of hydrogen-bond acceptors (Lipinski definition) is 10. The molecule has 0 saturated carbocycles. The molecule has 4 rings (SSSR count). The number of benzene rings is 1. The van der Waals surface area contributed by atoms with E-state index in [0.717, 1.165) is 6.20 Å². The summed E-state index contributed by atoms with van der Waals surface area (Å²) < 4.78 is 43.9. The van der Waals surface area contributed by atoms with Crippen molar-refractivity contribution in [3.63, 3.8) is 0 Å². The van der Waals surface area contributed by atoms with Gasteiger partial charge in [0, 0.05) is 24.6 Å². The number of carbonyl (C=O) groups excluding carboxylic acids is 1. The molecule has 1 saturated heterocycles. The molecule has 0 radical (unpaired) electrons. The van der Waals surface area contributed by atoms with Crippen molar-refractivity contribution < 1.29 is 27.2 Å². The van der Waals surface area contributed by atoms with Crippen LogP contribution in [-0.2, 0) is 30.8 Å². The first-order valence-corrected chi connectivity index (χ1v) is 12.1. The molecule has 3 aromatic rings. The molecule has 1 aliphatic heterocycles. The van der Waals surface area contributed by atoms with Crippen molar-refractivity contribution >= 4 is 37.9 Å². The van der Waals surface area contributed by atoms with Gasteiger partial charge < -0.3 is 9.57 Å². The van der Waals surface area contributed by atoms with Gasteiger partial charge in [-0.2, -0.15) is 4.39 Å². The van der Waals surface area contributed by atoms with Gasteiger partial charge in [0.15, 0.2) is 38.2 Å². The molecule has 1 N–H and O–H groups in total. The third-order valence-corrected chi connectivity index (χ3v) is 7.54. The fraction of sp³-hybridized carbons (Fsp3) is 0.250. The molecule has 1 amide bonds. The van der Waals surface area contributed by atoms with E-state index in [1.165, 1.54) is 36.7 Å². The summed E-state index contributed by atoms with van der Waals surface area (Å²) in [6, 6.07) is 7.34. The fourth-order valence-electron chi connectivity index (χ4n) is 3.01. The number of hydrogen-bond donors (Lipinski definition) is 1. The van der Waals surface area contributed by atoms with Gasteiger partial charge in [-0.15, -0.1) is 0 Å². The number of ether oxygens (including phenoxy) is 1. The number of anilines is 1. The van der Waals surface area contributed by atoms with E-state index in [-0.39, 0.29) is 29.0 Å². The highest BCUT2D eigenvalue weighted by Gasteiger charge is 2.31. The second-order valence-corrected chi connectivity index (χ2v) is 10.1. The van der Waals surface area contributed by atoms with Gasteiger partial charge in [-0.05, 0) is 24.6 Å². The zero-order valence-electron chi connectivity index (χ0n) is 17.0. The summed E-state index contributed by atoms with van der Waals surface area (Å²) in [7, 11) is -3.56. The standard InChI is InChI=1S/C20H18FN5O5S2/c21-16-10-24-20(32-16)25-19(27)18(26-31-12-17-22-7-1-8-23-17)13-2-4-14(5-3-13)33(28,29)15-6-9-30-11-15/h1-5,7-8,10,15H,6,9,11-12H2,(H,24,25,27)/b26-18+/t15-/m0/s1. The maximum atomic E-state index is 13.2. The molecule has 1 aromatic carbocycles. The van der Waals surface area contributed by atoms with Crippen LogP contribution in [0.25, 0.3) is 0 Å². The quantitative estimate of drug-likeness (QED) is 0.375. The third kappa shape index (κ3) is 5.56. The maximum absolute atomic E-state index is 13.2. The molecule has 2 aromatic heterocycles. The molecule has 1 fully saturated rings. The van der Waals surface area contributed by atoms with Gasteiger partial charge >= 0.3 is 0 Å². The second-order valence-electron chi connectivity index (χ2n) is 6.86. The topological polar surface area (TPSA) is 133 Å². The molecular weight excluding hydrogens is 473 g/mol. The van der Waals surface area contributed by atoms with Gasteiger partial charge in [0.05, 0.1) is 22.9 Å². The minimum Gasteiger partial charge on any atom is -0.387 e. The van der Waals surface area contributed by atoms with Crippen molar-refractivity contribution in [2.24, 2.45) is 5.16 Å². The van der Waals surface area contributed by atoms with Crippen molar-refractivity contribution in [1.29, 1.82) is 0 Å². The van der Waals surface area contributed by atoms with Crippen LogP contribution in [0.5, 0.6) is 0 Å². The highest BCUT2D eigenvalue weighted by molar-refractivity contribution is 7.92. The molecule has 1 aliphatic rings. The molecule has 1 atom stereocenters. The Balaban J connectivity index is 1.57. The maximum Gasteiger partial charge on any atom is 0.280 e. The molecule has 0 aliphatic carbocycles. The lowest BCUT2D eigenvalue weighted by Crippen LogP contribution is -2.25. The summed E-state index contributed by atoms with van der Waals surface area (Å²) in [6.07, 6.45) is 4.48. The Bertz CT molecular complexity index is 1240. The van der Waals surface area contributed by atoms with Crippen LogP contribution in [0.1, 0.15) is 17.8 Å². The first-order valence-electron chi connectivity index (χ1n) is 9.74. The van der Waals surface area contributed by atoms with Crippen molar-refractivity contribution in [3.05, 3.63) is 65.4 Å². The van der Waals surface area contributed by atoms with Crippen LogP contribution < -0.4 is 5.32 Å². The molecule has 3 heterocycles. The molecule has 13 heteroatoms. The molecular formula is C20H18FN5O5S2. The highest BCUT2D eigenvalue weighted by Crippen LogP contribution is 2.23. The Morgan fingerprint density at radius 3 is 2.64 bits per heavy atom. The van der Waals surface area contributed by atoms with E-state index in [1.807, 2.05) is 0 Å². The predicted molar refractivity (Wildman–Crippen MR) is 117 cm³/mol.